The number of esters is 1. The Labute approximate surface area is 168 Å². The minimum Gasteiger partial charge on any atom is -0.497 e. The molecule has 0 aliphatic heterocycles. The molecule has 0 saturated heterocycles. The lowest BCUT2D eigenvalue weighted by Crippen LogP contribution is -2.37. The van der Waals surface area contributed by atoms with Crippen LogP contribution < -0.4 is 10.1 Å². The summed E-state index contributed by atoms with van der Waals surface area (Å²) in [5.74, 6) is -0.0731. The standard InChI is InChI=1S/C23H22N2O4/c1-14(22(26)24-16-9-10-16)29-23(27)19-13-21(15-7-11-17(28-2)12-8-15)25-20-6-4-3-5-18(19)20/h3-8,11-14,16H,9-10H2,1-2H3,(H,24,26)/t14-/m1/s1. The average molecular weight is 390 g/mol. The van der Waals surface area contributed by atoms with Crippen molar-refractivity contribution < 1.29 is 19.1 Å². The van der Waals surface area contributed by atoms with Crippen LogP contribution in [0, 0.1) is 0 Å². The molecule has 0 radical (unpaired) electrons. The highest BCUT2D eigenvalue weighted by Gasteiger charge is 2.28. The van der Waals surface area contributed by atoms with E-state index in [2.05, 4.69) is 10.3 Å². The molecular formula is C23H22N2O4. The maximum absolute atomic E-state index is 12.9. The predicted molar refractivity (Wildman–Crippen MR) is 110 cm³/mol. The molecule has 0 bridgehead atoms. The molecule has 0 unspecified atom stereocenters. The van der Waals surface area contributed by atoms with Crippen molar-refractivity contribution in [2.24, 2.45) is 0 Å². The second kappa shape index (κ2) is 7.91. The summed E-state index contributed by atoms with van der Waals surface area (Å²) < 4.78 is 10.7. The van der Waals surface area contributed by atoms with Crippen molar-refractivity contribution in [2.45, 2.75) is 31.9 Å². The van der Waals surface area contributed by atoms with E-state index in [1.165, 1.54) is 0 Å². The zero-order chi connectivity index (χ0) is 20.4. The van der Waals surface area contributed by atoms with Crippen molar-refractivity contribution in [3.05, 3.63) is 60.2 Å². The molecule has 4 rings (SSSR count). The summed E-state index contributed by atoms with van der Waals surface area (Å²) in [5.41, 5.74) is 2.56. The first-order valence-electron chi connectivity index (χ1n) is 9.60. The van der Waals surface area contributed by atoms with Crippen molar-refractivity contribution >= 4 is 22.8 Å². The Morgan fingerprint density at radius 2 is 1.83 bits per heavy atom. The fourth-order valence-corrected chi connectivity index (χ4v) is 3.08. The third-order valence-corrected chi connectivity index (χ3v) is 4.90. The molecule has 3 aromatic rings. The number of hydrogen-bond acceptors (Lipinski definition) is 5. The highest BCUT2D eigenvalue weighted by Crippen LogP contribution is 2.27. The van der Waals surface area contributed by atoms with Gasteiger partial charge in [-0.15, -0.1) is 0 Å². The third-order valence-electron chi connectivity index (χ3n) is 4.90. The van der Waals surface area contributed by atoms with Gasteiger partial charge in [0.15, 0.2) is 6.10 Å². The van der Waals surface area contributed by atoms with Crippen LogP contribution in [0.5, 0.6) is 5.75 Å². The van der Waals surface area contributed by atoms with E-state index < -0.39 is 12.1 Å². The van der Waals surface area contributed by atoms with Gasteiger partial charge < -0.3 is 14.8 Å². The Hall–Kier alpha value is -3.41. The van der Waals surface area contributed by atoms with Gasteiger partial charge in [0.2, 0.25) is 0 Å². The number of rotatable bonds is 6. The number of amides is 1. The van der Waals surface area contributed by atoms with E-state index in [1.807, 2.05) is 48.5 Å². The third kappa shape index (κ3) is 4.21. The van der Waals surface area contributed by atoms with Gasteiger partial charge >= 0.3 is 5.97 Å². The van der Waals surface area contributed by atoms with Crippen molar-refractivity contribution in [1.82, 2.24) is 10.3 Å². The van der Waals surface area contributed by atoms with Crippen LogP contribution in [-0.2, 0) is 9.53 Å². The lowest BCUT2D eigenvalue weighted by Gasteiger charge is -2.15. The second-order valence-corrected chi connectivity index (χ2v) is 7.13. The Morgan fingerprint density at radius 1 is 1.10 bits per heavy atom. The number of para-hydroxylation sites is 1. The Kier molecular flexibility index (Phi) is 5.16. The van der Waals surface area contributed by atoms with E-state index in [9.17, 15) is 9.59 Å². The number of aromatic nitrogens is 1. The van der Waals surface area contributed by atoms with Gasteiger partial charge in [0.25, 0.3) is 5.91 Å². The number of fused-ring (bicyclic) bond motifs is 1. The molecule has 6 nitrogen and oxygen atoms in total. The van der Waals surface area contributed by atoms with Gasteiger partial charge in [0.1, 0.15) is 5.75 Å². The molecule has 0 spiro atoms. The highest BCUT2D eigenvalue weighted by molar-refractivity contribution is 6.05. The normalized spacial score (nSPS) is 14.3. The summed E-state index contributed by atoms with van der Waals surface area (Å²) in [7, 11) is 1.61. The molecule has 1 fully saturated rings. The molecule has 6 heteroatoms. The number of carbonyl (C=O) groups is 2. The molecule has 29 heavy (non-hydrogen) atoms. The summed E-state index contributed by atoms with van der Waals surface area (Å²) in [6.45, 7) is 1.59. The van der Waals surface area contributed by atoms with E-state index >= 15 is 0 Å². The highest BCUT2D eigenvalue weighted by atomic mass is 16.5. The van der Waals surface area contributed by atoms with Crippen LogP contribution in [0.2, 0.25) is 0 Å². The molecule has 1 aliphatic carbocycles. The van der Waals surface area contributed by atoms with Crippen LogP contribution in [0.1, 0.15) is 30.1 Å². The molecule has 1 aromatic heterocycles. The van der Waals surface area contributed by atoms with Crippen molar-refractivity contribution in [3.8, 4) is 17.0 Å². The first-order chi connectivity index (χ1) is 14.0. The van der Waals surface area contributed by atoms with Crippen LogP contribution in [0.25, 0.3) is 22.2 Å². The van der Waals surface area contributed by atoms with E-state index in [0.717, 1.165) is 24.2 Å². The maximum atomic E-state index is 12.9. The summed E-state index contributed by atoms with van der Waals surface area (Å²) >= 11 is 0. The summed E-state index contributed by atoms with van der Waals surface area (Å²) in [6, 6.07) is 16.8. The molecule has 1 amide bonds. The number of hydrogen-bond donors (Lipinski definition) is 1. The van der Waals surface area contributed by atoms with Gasteiger partial charge in [0, 0.05) is 17.0 Å². The first kappa shape index (κ1) is 18.9. The number of nitrogens with zero attached hydrogens (tertiary/aromatic N) is 1. The molecule has 1 heterocycles. The van der Waals surface area contributed by atoms with Gasteiger partial charge in [-0.2, -0.15) is 0 Å². The molecule has 1 atom stereocenters. The quantitative estimate of drug-likeness (QED) is 0.649. The minimum atomic E-state index is -0.862. The first-order valence-corrected chi connectivity index (χ1v) is 9.60. The number of carbonyl (C=O) groups excluding carboxylic acids is 2. The van der Waals surface area contributed by atoms with E-state index in [4.69, 9.17) is 9.47 Å². The van der Waals surface area contributed by atoms with Gasteiger partial charge in [-0.05, 0) is 56.2 Å². The number of ether oxygens (including phenoxy) is 2. The number of methoxy groups -OCH3 is 1. The SMILES string of the molecule is COc1ccc(-c2cc(C(=O)O[C@H](C)C(=O)NC3CC3)c3ccccc3n2)cc1. The van der Waals surface area contributed by atoms with Crippen molar-refractivity contribution in [3.63, 3.8) is 0 Å². The average Bonchev–Trinajstić information content (AvgIpc) is 3.56. The van der Waals surface area contributed by atoms with Crippen LogP contribution in [-0.4, -0.2) is 36.1 Å². The molecule has 148 valence electrons. The van der Waals surface area contributed by atoms with Crippen LogP contribution in [0.4, 0.5) is 0 Å². The fourth-order valence-electron chi connectivity index (χ4n) is 3.08. The lowest BCUT2D eigenvalue weighted by molar-refractivity contribution is -0.129. The largest absolute Gasteiger partial charge is 0.497 e. The monoisotopic (exact) mass is 390 g/mol. The molecule has 1 N–H and O–H groups in total. The topological polar surface area (TPSA) is 77.5 Å². The lowest BCUT2D eigenvalue weighted by atomic mass is 10.0. The van der Waals surface area contributed by atoms with Crippen LogP contribution in [0.15, 0.2) is 54.6 Å². The van der Waals surface area contributed by atoms with Crippen LogP contribution in [0.3, 0.4) is 0 Å². The predicted octanol–water partition coefficient (Wildman–Crippen LogP) is 3.73. The maximum Gasteiger partial charge on any atom is 0.339 e. The van der Waals surface area contributed by atoms with E-state index in [0.29, 0.717) is 22.2 Å². The number of pyridine rings is 1. The smallest absolute Gasteiger partial charge is 0.339 e. The second-order valence-electron chi connectivity index (χ2n) is 7.13. The molecule has 1 aliphatic rings. The zero-order valence-electron chi connectivity index (χ0n) is 16.3. The van der Waals surface area contributed by atoms with Gasteiger partial charge in [-0.3, -0.25) is 4.79 Å². The van der Waals surface area contributed by atoms with Gasteiger partial charge in [-0.25, -0.2) is 9.78 Å². The van der Waals surface area contributed by atoms with Crippen molar-refractivity contribution in [1.29, 1.82) is 0 Å². The Bertz CT molecular complexity index is 1060. The van der Waals surface area contributed by atoms with E-state index in [-0.39, 0.29) is 11.9 Å². The minimum absolute atomic E-state index is 0.215. The Balaban J connectivity index is 1.66. The van der Waals surface area contributed by atoms with E-state index in [1.54, 1.807) is 20.1 Å². The van der Waals surface area contributed by atoms with Gasteiger partial charge in [0.05, 0.1) is 23.9 Å². The summed E-state index contributed by atoms with van der Waals surface area (Å²) in [5, 5.41) is 3.54. The Morgan fingerprint density at radius 3 is 2.52 bits per heavy atom. The number of nitrogens with one attached hydrogen (secondary N) is 1. The fraction of sp³-hybridized carbons (Fsp3) is 0.261. The van der Waals surface area contributed by atoms with Crippen molar-refractivity contribution in [2.75, 3.05) is 7.11 Å². The zero-order valence-corrected chi connectivity index (χ0v) is 16.3. The molecular weight excluding hydrogens is 368 g/mol. The summed E-state index contributed by atoms with van der Waals surface area (Å²) in [4.78, 5) is 29.7. The number of benzene rings is 2. The summed E-state index contributed by atoms with van der Waals surface area (Å²) in [6.07, 6.45) is 1.10. The van der Waals surface area contributed by atoms with Crippen LogP contribution >= 0.6 is 0 Å². The molecule has 2 aromatic carbocycles. The van der Waals surface area contributed by atoms with Gasteiger partial charge in [-0.1, -0.05) is 18.2 Å². The molecule has 1 saturated carbocycles.